The first-order valence-corrected chi connectivity index (χ1v) is 10.9. The van der Waals surface area contributed by atoms with Crippen LogP contribution >= 0.6 is 0 Å². The number of hydrogen-bond acceptors (Lipinski definition) is 4. The number of H-pyrrole nitrogens is 1. The predicted molar refractivity (Wildman–Crippen MR) is 107 cm³/mol. The molecule has 2 N–H and O–H groups in total. The van der Waals surface area contributed by atoms with Crippen molar-refractivity contribution >= 4 is 17.7 Å². The van der Waals surface area contributed by atoms with Gasteiger partial charge < -0.3 is 20.1 Å². The van der Waals surface area contributed by atoms with Crippen molar-refractivity contribution in [2.45, 2.75) is 64.5 Å². The van der Waals surface area contributed by atoms with E-state index in [1.807, 2.05) is 18.7 Å². The van der Waals surface area contributed by atoms with E-state index in [2.05, 4.69) is 20.2 Å². The van der Waals surface area contributed by atoms with Gasteiger partial charge in [0.1, 0.15) is 5.69 Å². The van der Waals surface area contributed by atoms with Crippen LogP contribution in [0, 0.1) is 18.8 Å². The van der Waals surface area contributed by atoms with Crippen molar-refractivity contribution in [1.82, 2.24) is 25.1 Å². The van der Waals surface area contributed by atoms with Gasteiger partial charge in [0.25, 0.3) is 5.91 Å². The van der Waals surface area contributed by atoms with Gasteiger partial charge in [0.2, 0.25) is 11.8 Å². The van der Waals surface area contributed by atoms with Gasteiger partial charge in [0.05, 0.1) is 12.4 Å². The van der Waals surface area contributed by atoms with E-state index in [0.29, 0.717) is 44.1 Å². The Labute approximate surface area is 171 Å². The molecule has 8 heteroatoms. The molecule has 3 aliphatic heterocycles. The highest BCUT2D eigenvalue weighted by Gasteiger charge is 2.50. The van der Waals surface area contributed by atoms with Crippen LogP contribution in [0.3, 0.4) is 0 Å². The number of rotatable bonds is 5. The van der Waals surface area contributed by atoms with Gasteiger partial charge in [-0.2, -0.15) is 0 Å². The maximum absolute atomic E-state index is 13.1. The third-order valence-corrected chi connectivity index (χ3v) is 6.80. The summed E-state index contributed by atoms with van der Waals surface area (Å²) in [5.41, 5.74) is 1.26. The van der Waals surface area contributed by atoms with Crippen molar-refractivity contribution in [3.63, 3.8) is 0 Å². The van der Waals surface area contributed by atoms with Crippen molar-refractivity contribution in [3.05, 3.63) is 17.7 Å². The fourth-order valence-electron chi connectivity index (χ4n) is 5.46. The van der Waals surface area contributed by atoms with Crippen LogP contribution in [0.1, 0.15) is 61.6 Å². The molecular formula is C21H31N5O3. The first-order chi connectivity index (χ1) is 14.0. The lowest BCUT2D eigenvalue weighted by Gasteiger charge is -2.56. The molecule has 2 bridgehead atoms. The molecule has 8 nitrogen and oxygen atoms in total. The third-order valence-electron chi connectivity index (χ3n) is 6.80. The number of aromatic nitrogens is 2. The fourth-order valence-corrected chi connectivity index (χ4v) is 5.46. The summed E-state index contributed by atoms with van der Waals surface area (Å²) in [7, 11) is 0. The number of hydrogen-bond donors (Lipinski definition) is 2. The van der Waals surface area contributed by atoms with Gasteiger partial charge in [0.15, 0.2) is 0 Å². The SMILES string of the molecule is CCCC(=O)NC[C@H]1[C@H]2C[C@H](CN(C(=O)c3nc[nH]c3C)C2)[C@@H]2CCCC(=O)N21. The molecule has 1 aromatic heterocycles. The molecule has 29 heavy (non-hydrogen) atoms. The Hall–Kier alpha value is -2.38. The second-order valence-electron chi connectivity index (χ2n) is 8.72. The number of aromatic amines is 1. The van der Waals surface area contributed by atoms with Crippen molar-refractivity contribution in [2.75, 3.05) is 19.6 Å². The highest BCUT2D eigenvalue weighted by atomic mass is 16.2. The van der Waals surface area contributed by atoms with E-state index in [9.17, 15) is 14.4 Å². The number of aryl methyl sites for hydroxylation is 1. The molecule has 4 heterocycles. The molecule has 3 fully saturated rings. The lowest BCUT2D eigenvalue weighted by atomic mass is 9.72. The molecule has 0 spiro atoms. The minimum absolute atomic E-state index is 0.0338. The molecule has 158 valence electrons. The summed E-state index contributed by atoms with van der Waals surface area (Å²) in [6, 6.07) is 0.122. The van der Waals surface area contributed by atoms with Crippen LogP contribution in [0.15, 0.2) is 6.33 Å². The molecule has 0 unspecified atom stereocenters. The van der Waals surface area contributed by atoms with Crippen LogP contribution in [0.25, 0.3) is 0 Å². The average Bonchev–Trinajstić information content (AvgIpc) is 3.13. The van der Waals surface area contributed by atoms with E-state index < -0.39 is 0 Å². The van der Waals surface area contributed by atoms with Crippen molar-refractivity contribution in [3.8, 4) is 0 Å². The Morgan fingerprint density at radius 2 is 2.10 bits per heavy atom. The van der Waals surface area contributed by atoms with Crippen molar-refractivity contribution < 1.29 is 14.4 Å². The maximum Gasteiger partial charge on any atom is 0.274 e. The Kier molecular flexibility index (Phi) is 5.61. The zero-order valence-electron chi connectivity index (χ0n) is 17.3. The molecule has 0 aliphatic carbocycles. The Balaban J connectivity index is 1.55. The Morgan fingerprint density at radius 3 is 2.83 bits per heavy atom. The number of fused-ring (bicyclic) bond motifs is 4. The molecule has 3 saturated heterocycles. The van der Waals surface area contributed by atoms with Gasteiger partial charge in [0, 0.05) is 44.2 Å². The summed E-state index contributed by atoms with van der Waals surface area (Å²) in [5, 5.41) is 3.04. The minimum atomic E-state index is -0.0410. The molecular weight excluding hydrogens is 370 g/mol. The van der Waals surface area contributed by atoms with Crippen LogP contribution in [0.2, 0.25) is 0 Å². The Morgan fingerprint density at radius 1 is 1.31 bits per heavy atom. The van der Waals surface area contributed by atoms with Gasteiger partial charge in [-0.3, -0.25) is 14.4 Å². The molecule has 4 rings (SSSR count). The average molecular weight is 402 g/mol. The van der Waals surface area contributed by atoms with Gasteiger partial charge in [-0.1, -0.05) is 6.92 Å². The molecule has 4 atom stereocenters. The molecule has 0 aromatic carbocycles. The van der Waals surface area contributed by atoms with Crippen LogP contribution in [0.5, 0.6) is 0 Å². The normalized spacial score (nSPS) is 28.8. The first kappa shape index (κ1) is 19.9. The van der Waals surface area contributed by atoms with Crippen LogP contribution in [-0.2, 0) is 9.59 Å². The van der Waals surface area contributed by atoms with E-state index in [4.69, 9.17) is 0 Å². The van der Waals surface area contributed by atoms with E-state index in [1.54, 1.807) is 6.33 Å². The van der Waals surface area contributed by atoms with E-state index in [1.165, 1.54) is 0 Å². The lowest BCUT2D eigenvalue weighted by molar-refractivity contribution is -0.152. The molecule has 3 amide bonds. The zero-order valence-corrected chi connectivity index (χ0v) is 17.3. The fraction of sp³-hybridized carbons (Fsp3) is 0.714. The maximum atomic E-state index is 13.1. The second-order valence-corrected chi connectivity index (χ2v) is 8.72. The Bertz CT molecular complexity index is 791. The number of imidazole rings is 1. The van der Waals surface area contributed by atoms with Gasteiger partial charge >= 0.3 is 0 Å². The summed E-state index contributed by atoms with van der Waals surface area (Å²) >= 11 is 0. The van der Waals surface area contributed by atoms with E-state index in [0.717, 1.165) is 31.4 Å². The van der Waals surface area contributed by atoms with Gasteiger partial charge in [-0.25, -0.2) is 4.98 Å². The summed E-state index contributed by atoms with van der Waals surface area (Å²) in [6.07, 6.45) is 6.34. The quantitative estimate of drug-likeness (QED) is 0.781. The predicted octanol–water partition coefficient (Wildman–Crippen LogP) is 1.48. The van der Waals surface area contributed by atoms with E-state index >= 15 is 0 Å². The molecule has 0 saturated carbocycles. The van der Waals surface area contributed by atoms with Crippen LogP contribution in [-0.4, -0.2) is 69.2 Å². The lowest BCUT2D eigenvalue weighted by Crippen LogP contribution is -2.67. The number of nitrogens with one attached hydrogen (secondary N) is 2. The van der Waals surface area contributed by atoms with Gasteiger partial charge in [-0.05, 0) is 44.4 Å². The number of nitrogens with zero attached hydrogens (tertiary/aromatic N) is 3. The summed E-state index contributed by atoms with van der Waals surface area (Å²) < 4.78 is 0. The minimum Gasteiger partial charge on any atom is -0.354 e. The zero-order chi connectivity index (χ0) is 20.5. The number of amides is 3. The number of carbonyl (C=O) groups excluding carboxylic acids is 3. The third kappa shape index (κ3) is 3.76. The standard InChI is InChI=1S/C21H31N5O3/c1-3-5-18(27)22-9-17-15-8-14(16-6-4-7-19(28)26(16)17)10-25(11-15)21(29)20-13(2)23-12-24-20/h12,14-17H,3-11H2,1-2H3,(H,22,27)(H,23,24)/t14-,15+,16+,17+/m1/s1. The summed E-state index contributed by atoms with van der Waals surface area (Å²) in [4.78, 5) is 49.1. The van der Waals surface area contributed by atoms with Crippen molar-refractivity contribution in [2.24, 2.45) is 11.8 Å². The number of likely N-dealkylation sites (tertiary alicyclic amines) is 1. The largest absolute Gasteiger partial charge is 0.354 e. The summed E-state index contributed by atoms with van der Waals surface area (Å²) in [5.74, 6) is 0.670. The molecule has 1 aromatic rings. The topological polar surface area (TPSA) is 98.4 Å². The highest BCUT2D eigenvalue weighted by Crippen LogP contribution is 2.41. The number of carbonyl (C=O) groups is 3. The monoisotopic (exact) mass is 401 g/mol. The van der Waals surface area contributed by atoms with Gasteiger partial charge in [-0.15, -0.1) is 0 Å². The van der Waals surface area contributed by atoms with E-state index in [-0.39, 0.29) is 35.7 Å². The number of piperidine rings is 3. The molecule has 3 aliphatic rings. The molecule has 0 radical (unpaired) electrons. The first-order valence-electron chi connectivity index (χ1n) is 10.9. The summed E-state index contributed by atoms with van der Waals surface area (Å²) in [6.45, 7) is 5.59. The highest BCUT2D eigenvalue weighted by molar-refractivity contribution is 5.93. The smallest absolute Gasteiger partial charge is 0.274 e. The second kappa shape index (κ2) is 8.16. The van der Waals surface area contributed by atoms with Crippen LogP contribution < -0.4 is 5.32 Å². The van der Waals surface area contributed by atoms with Crippen LogP contribution in [0.4, 0.5) is 0 Å². The van der Waals surface area contributed by atoms with Crippen molar-refractivity contribution in [1.29, 1.82) is 0 Å².